The molecule has 1 fully saturated rings. The lowest BCUT2D eigenvalue weighted by Gasteiger charge is -2.32. The molecular formula is C21H26BNO3S. The highest BCUT2D eigenvalue weighted by Crippen LogP contribution is 2.39. The molecule has 1 heterocycles. The maximum atomic E-state index is 11.6. The molecule has 142 valence electrons. The van der Waals surface area contributed by atoms with Crippen LogP contribution >= 0.6 is 11.8 Å². The molecule has 1 saturated heterocycles. The number of rotatable bonds is 4. The fourth-order valence-corrected chi connectivity index (χ4v) is 3.62. The molecule has 4 nitrogen and oxygen atoms in total. The van der Waals surface area contributed by atoms with Crippen molar-refractivity contribution in [2.75, 3.05) is 11.5 Å². The van der Waals surface area contributed by atoms with Crippen molar-refractivity contribution in [3.05, 3.63) is 47.4 Å². The number of anilines is 1. The van der Waals surface area contributed by atoms with E-state index in [1.165, 1.54) is 11.8 Å². The number of nitrogen functional groups attached to an aromatic ring is 1. The highest BCUT2D eigenvalue weighted by atomic mass is 32.2. The Balaban J connectivity index is 2.04. The standard InChI is InChI=1S/C21H26BNO3S/c1-14(24)27-13-16(22-25-20(2,3)21(4,5)26-22)12-15-10-11-19(23)18-9-7-6-8-17(15)18/h6-12H,13,23H2,1-5H3. The Morgan fingerprint density at radius 1 is 1.07 bits per heavy atom. The predicted octanol–water partition coefficient (Wildman–Crippen LogP) is 4.72. The molecule has 0 atom stereocenters. The predicted molar refractivity (Wildman–Crippen MR) is 116 cm³/mol. The Bertz CT molecular complexity index is 891. The number of carbonyl (C=O) groups is 1. The molecule has 6 heteroatoms. The number of nitrogens with two attached hydrogens (primary N) is 1. The van der Waals surface area contributed by atoms with Crippen LogP contribution in [-0.2, 0) is 14.1 Å². The summed E-state index contributed by atoms with van der Waals surface area (Å²) in [7, 11) is -0.488. The summed E-state index contributed by atoms with van der Waals surface area (Å²) in [5, 5.41) is 2.15. The summed E-state index contributed by atoms with van der Waals surface area (Å²) in [6, 6.07) is 12.0. The highest BCUT2D eigenvalue weighted by Gasteiger charge is 2.52. The molecule has 0 aliphatic carbocycles. The van der Waals surface area contributed by atoms with Crippen LogP contribution in [0.5, 0.6) is 0 Å². The van der Waals surface area contributed by atoms with Crippen LogP contribution in [0.4, 0.5) is 5.69 Å². The molecule has 2 N–H and O–H groups in total. The van der Waals surface area contributed by atoms with Gasteiger partial charge < -0.3 is 15.0 Å². The summed E-state index contributed by atoms with van der Waals surface area (Å²) in [6.45, 7) is 9.69. The van der Waals surface area contributed by atoms with E-state index in [0.717, 1.165) is 27.5 Å². The number of benzene rings is 2. The van der Waals surface area contributed by atoms with Gasteiger partial charge in [0.05, 0.1) is 11.2 Å². The van der Waals surface area contributed by atoms with E-state index in [0.29, 0.717) is 5.75 Å². The first-order chi connectivity index (χ1) is 12.6. The maximum Gasteiger partial charge on any atom is 0.491 e. The van der Waals surface area contributed by atoms with Crippen molar-refractivity contribution in [1.82, 2.24) is 0 Å². The monoisotopic (exact) mass is 383 g/mol. The number of hydrogen-bond acceptors (Lipinski definition) is 5. The summed E-state index contributed by atoms with van der Waals surface area (Å²) < 4.78 is 12.5. The van der Waals surface area contributed by atoms with E-state index in [2.05, 4.69) is 12.1 Å². The van der Waals surface area contributed by atoms with Crippen LogP contribution in [0, 0.1) is 0 Å². The van der Waals surface area contributed by atoms with Gasteiger partial charge in [0.2, 0.25) is 0 Å². The smallest absolute Gasteiger partial charge is 0.400 e. The zero-order chi connectivity index (χ0) is 19.8. The molecule has 2 aromatic carbocycles. The van der Waals surface area contributed by atoms with Gasteiger partial charge >= 0.3 is 7.12 Å². The maximum absolute atomic E-state index is 11.6. The molecule has 27 heavy (non-hydrogen) atoms. The second-order valence-corrected chi connectivity index (χ2v) is 9.03. The van der Waals surface area contributed by atoms with Crippen molar-refractivity contribution >= 4 is 46.5 Å². The summed E-state index contributed by atoms with van der Waals surface area (Å²) in [5.74, 6) is 0.519. The molecule has 1 aliphatic heterocycles. The second-order valence-electron chi connectivity index (χ2n) is 7.88. The Morgan fingerprint density at radius 3 is 2.26 bits per heavy atom. The number of hydrogen-bond donors (Lipinski definition) is 1. The summed E-state index contributed by atoms with van der Waals surface area (Å²) in [5.41, 5.74) is 7.99. The van der Waals surface area contributed by atoms with E-state index in [9.17, 15) is 4.79 Å². The van der Waals surface area contributed by atoms with E-state index in [1.54, 1.807) is 6.92 Å². The van der Waals surface area contributed by atoms with E-state index in [4.69, 9.17) is 15.0 Å². The third kappa shape index (κ3) is 4.08. The van der Waals surface area contributed by atoms with Gasteiger partial charge in [-0.3, -0.25) is 4.79 Å². The quantitative estimate of drug-likeness (QED) is 0.612. The minimum atomic E-state index is -0.488. The van der Waals surface area contributed by atoms with Crippen LogP contribution in [-0.4, -0.2) is 29.2 Å². The SMILES string of the molecule is CC(=O)SCC(=Cc1ccc(N)c2ccccc12)B1OC(C)(C)C(C)(C)O1. The molecule has 2 aromatic rings. The van der Waals surface area contributed by atoms with Gasteiger partial charge in [0.15, 0.2) is 5.12 Å². The summed E-state index contributed by atoms with van der Waals surface area (Å²) >= 11 is 1.26. The third-order valence-corrected chi connectivity index (χ3v) is 6.21. The normalized spacial score (nSPS) is 18.9. The molecule has 0 spiro atoms. The number of fused-ring (bicyclic) bond motifs is 1. The molecular weight excluding hydrogens is 357 g/mol. The second kappa shape index (κ2) is 7.34. The van der Waals surface area contributed by atoms with Crippen LogP contribution in [0.2, 0.25) is 0 Å². The number of carbonyl (C=O) groups excluding carboxylic acids is 1. The van der Waals surface area contributed by atoms with Crippen LogP contribution in [0.25, 0.3) is 16.8 Å². The van der Waals surface area contributed by atoms with Gasteiger partial charge in [-0.2, -0.15) is 0 Å². The first kappa shape index (κ1) is 20.0. The van der Waals surface area contributed by atoms with Gasteiger partial charge in [-0.1, -0.05) is 48.2 Å². The fraction of sp³-hybridized carbons (Fsp3) is 0.381. The van der Waals surface area contributed by atoms with E-state index < -0.39 is 18.3 Å². The van der Waals surface area contributed by atoms with Crippen LogP contribution in [0.1, 0.15) is 40.2 Å². The third-order valence-electron chi connectivity index (χ3n) is 5.33. The van der Waals surface area contributed by atoms with Crippen molar-refractivity contribution in [3.8, 4) is 0 Å². The molecule has 0 bridgehead atoms. The molecule has 0 saturated carbocycles. The highest BCUT2D eigenvalue weighted by molar-refractivity contribution is 8.13. The summed E-state index contributed by atoms with van der Waals surface area (Å²) in [4.78, 5) is 11.6. The van der Waals surface area contributed by atoms with Gasteiger partial charge in [0.1, 0.15) is 0 Å². The average molecular weight is 383 g/mol. The Labute approximate surface area is 165 Å². The lowest BCUT2D eigenvalue weighted by atomic mass is 9.78. The Hall–Kier alpha value is -1.76. The van der Waals surface area contributed by atoms with Crippen molar-refractivity contribution in [2.24, 2.45) is 0 Å². The fourth-order valence-electron chi connectivity index (χ4n) is 3.03. The van der Waals surface area contributed by atoms with Gasteiger partial charge in [0.25, 0.3) is 0 Å². The molecule has 0 aromatic heterocycles. The average Bonchev–Trinajstić information content (AvgIpc) is 2.81. The Kier molecular flexibility index (Phi) is 5.44. The van der Waals surface area contributed by atoms with E-state index in [-0.39, 0.29) is 5.12 Å². The molecule has 0 unspecified atom stereocenters. The van der Waals surface area contributed by atoms with Gasteiger partial charge in [0, 0.05) is 23.8 Å². The molecule has 3 rings (SSSR count). The minimum absolute atomic E-state index is 0.0691. The zero-order valence-corrected chi connectivity index (χ0v) is 17.4. The minimum Gasteiger partial charge on any atom is -0.400 e. The van der Waals surface area contributed by atoms with E-state index >= 15 is 0 Å². The van der Waals surface area contributed by atoms with Crippen molar-refractivity contribution in [1.29, 1.82) is 0 Å². The van der Waals surface area contributed by atoms with Crippen molar-refractivity contribution in [2.45, 2.75) is 45.8 Å². The van der Waals surface area contributed by atoms with Crippen LogP contribution in [0.3, 0.4) is 0 Å². The lowest BCUT2D eigenvalue weighted by molar-refractivity contribution is -0.109. The molecule has 0 radical (unpaired) electrons. The van der Waals surface area contributed by atoms with Crippen molar-refractivity contribution in [3.63, 3.8) is 0 Å². The van der Waals surface area contributed by atoms with Gasteiger partial charge in [-0.15, -0.1) is 0 Å². The van der Waals surface area contributed by atoms with E-state index in [1.807, 2.05) is 58.0 Å². The van der Waals surface area contributed by atoms with Gasteiger partial charge in [-0.25, -0.2) is 0 Å². The first-order valence-electron chi connectivity index (χ1n) is 9.07. The lowest BCUT2D eigenvalue weighted by Crippen LogP contribution is -2.41. The largest absolute Gasteiger partial charge is 0.491 e. The first-order valence-corrected chi connectivity index (χ1v) is 10.1. The molecule has 0 amide bonds. The van der Waals surface area contributed by atoms with Crippen LogP contribution < -0.4 is 5.73 Å². The molecule has 1 aliphatic rings. The summed E-state index contributed by atoms with van der Waals surface area (Å²) in [6.07, 6.45) is 2.07. The Morgan fingerprint density at radius 2 is 1.67 bits per heavy atom. The zero-order valence-electron chi connectivity index (χ0n) is 16.5. The number of thioether (sulfide) groups is 1. The topological polar surface area (TPSA) is 61.6 Å². The van der Waals surface area contributed by atoms with Crippen LogP contribution in [0.15, 0.2) is 41.9 Å². The van der Waals surface area contributed by atoms with Crippen molar-refractivity contribution < 1.29 is 14.1 Å². The van der Waals surface area contributed by atoms with Gasteiger partial charge in [-0.05, 0) is 50.2 Å².